The number of thioether (sulfide) groups is 1. The SMILES string of the molecule is CC(C)CNc1nc(CSc2ccccc2Br)ns1. The minimum atomic E-state index is 0.613. The first kappa shape index (κ1) is 14.8. The van der Waals surface area contributed by atoms with Crippen LogP contribution in [0.2, 0.25) is 0 Å². The van der Waals surface area contributed by atoms with Crippen LogP contribution in [-0.4, -0.2) is 15.9 Å². The highest BCUT2D eigenvalue weighted by Crippen LogP contribution is 2.29. The van der Waals surface area contributed by atoms with Crippen molar-refractivity contribution in [3.63, 3.8) is 0 Å². The molecule has 19 heavy (non-hydrogen) atoms. The summed E-state index contributed by atoms with van der Waals surface area (Å²) in [6.07, 6.45) is 0. The molecule has 0 radical (unpaired) electrons. The molecule has 0 saturated heterocycles. The maximum absolute atomic E-state index is 4.49. The highest BCUT2D eigenvalue weighted by atomic mass is 79.9. The summed E-state index contributed by atoms with van der Waals surface area (Å²) in [5.74, 6) is 2.29. The molecule has 0 bridgehead atoms. The smallest absolute Gasteiger partial charge is 0.202 e. The van der Waals surface area contributed by atoms with E-state index in [0.717, 1.165) is 27.7 Å². The number of rotatable bonds is 6. The number of nitrogens with zero attached hydrogens (tertiary/aromatic N) is 2. The molecule has 0 amide bonds. The highest BCUT2D eigenvalue weighted by Gasteiger charge is 2.06. The van der Waals surface area contributed by atoms with Gasteiger partial charge in [0.25, 0.3) is 0 Å². The molecule has 2 aromatic rings. The molecule has 3 nitrogen and oxygen atoms in total. The Kier molecular flexibility index (Phi) is 5.66. The Balaban J connectivity index is 1.88. The molecule has 0 fully saturated rings. The Hall–Kier alpha value is -0.590. The van der Waals surface area contributed by atoms with Crippen molar-refractivity contribution in [2.75, 3.05) is 11.9 Å². The molecule has 2 rings (SSSR count). The molecule has 1 N–H and O–H groups in total. The van der Waals surface area contributed by atoms with Crippen LogP contribution in [0.1, 0.15) is 19.7 Å². The average molecular weight is 358 g/mol. The van der Waals surface area contributed by atoms with Crippen molar-refractivity contribution < 1.29 is 0 Å². The average Bonchev–Trinajstić information content (AvgIpc) is 2.83. The van der Waals surface area contributed by atoms with Gasteiger partial charge < -0.3 is 5.32 Å². The fourth-order valence-electron chi connectivity index (χ4n) is 1.38. The van der Waals surface area contributed by atoms with Crippen LogP contribution in [0, 0.1) is 5.92 Å². The van der Waals surface area contributed by atoms with Crippen LogP contribution in [0.5, 0.6) is 0 Å². The zero-order chi connectivity index (χ0) is 13.7. The van der Waals surface area contributed by atoms with E-state index in [2.05, 4.69) is 50.5 Å². The normalized spacial score (nSPS) is 10.9. The molecule has 0 saturated carbocycles. The quantitative estimate of drug-likeness (QED) is 0.762. The third-order valence-corrected chi connectivity index (χ3v) is 5.06. The van der Waals surface area contributed by atoms with E-state index in [-0.39, 0.29) is 0 Å². The van der Waals surface area contributed by atoms with Gasteiger partial charge in [-0.25, -0.2) is 4.98 Å². The molecule has 0 aliphatic carbocycles. The second-order valence-electron chi connectivity index (χ2n) is 4.51. The van der Waals surface area contributed by atoms with Crippen molar-refractivity contribution in [2.24, 2.45) is 5.92 Å². The van der Waals surface area contributed by atoms with Gasteiger partial charge in [0.1, 0.15) is 0 Å². The largest absolute Gasteiger partial charge is 0.360 e. The monoisotopic (exact) mass is 357 g/mol. The Bertz CT molecular complexity index is 528. The lowest BCUT2D eigenvalue weighted by Crippen LogP contribution is -2.07. The topological polar surface area (TPSA) is 37.8 Å². The van der Waals surface area contributed by atoms with Crippen LogP contribution in [-0.2, 0) is 5.75 Å². The van der Waals surface area contributed by atoms with E-state index in [9.17, 15) is 0 Å². The minimum absolute atomic E-state index is 0.613. The van der Waals surface area contributed by atoms with Gasteiger partial charge in [-0.2, -0.15) is 4.37 Å². The van der Waals surface area contributed by atoms with Gasteiger partial charge >= 0.3 is 0 Å². The van der Waals surface area contributed by atoms with E-state index >= 15 is 0 Å². The van der Waals surface area contributed by atoms with Crippen LogP contribution in [0.3, 0.4) is 0 Å². The Morgan fingerprint density at radius 1 is 1.37 bits per heavy atom. The number of benzene rings is 1. The lowest BCUT2D eigenvalue weighted by Gasteiger charge is -2.04. The maximum atomic E-state index is 4.49. The van der Waals surface area contributed by atoms with Gasteiger partial charge in [0.05, 0.1) is 5.75 Å². The summed E-state index contributed by atoms with van der Waals surface area (Å²) >= 11 is 6.72. The predicted molar refractivity (Wildman–Crippen MR) is 86.9 cm³/mol. The van der Waals surface area contributed by atoms with E-state index in [0.29, 0.717) is 5.92 Å². The molecule has 6 heteroatoms. The lowest BCUT2D eigenvalue weighted by atomic mass is 10.2. The third kappa shape index (κ3) is 4.78. The summed E-state index contributed by atoms with van der Waals surface area (Å²) in [6.45, 7) is 5.29. The van der Waals surface area contributed by atoms with Crippen LogP contribution in [0.25, 0.3) is 0 Å². The minimum Gasteiger partial charge on any atom is -0.360 e. The number of hydrogen-bond acceptors (Lipinski definition) is 5. The van der Waals surface area contributed by atoms with Crippen LogP contribution >= 0.6 is 39.2 Å². The number of anilines is 1. The van der Waals surface area contributed by atoms with Crippen LogP contribution in [0.15, 0.2) is 33.6 Å². The highest BCUT2D eigenvalue weighted by molar-refractivity contribution is 9.10. The zero-order valence-electron chi connectivity index (χ0n) is 10.9. The van der Waals surface area contributed by atoms with E-state index < -0.39 is 0 Å². The van der Waals surface area contributed by atoms with Gasteiger partial charge in [-0.1, -0.05) is 26.0 Å². The molecule has 1 aromatic carbocycles. The second kappa shape index (κ2) is 7.26. The third-order valence-electron chi connectivity index (χ3n) is 2.32. The number of nitrogens with one attached hydrogen (secondary N) is 1. The molecule has 0 aliphatic heterocycles. The molecule has 1 aromatic heterocycles. The maximum Gasteiger partial charge on any atom is 0.202 e. The fraction of sp³-hybridized carbons (Fsp3) is 0.385. The number of hydrogen-bond donors (Lipinski definition) is 1. The van der Waals surface area contributed by atoms with Gasteiger partial charge in [-0.15, -0.1) is 11.8 Å². The lowest BCUT2D eigenvalue weighted by molar-refractivity contribution is 0.688. The summed E-state index contributed by atoms with van der Waals surface area (Å²) in [5.41, 5.74) is 0. The molecule has 102 valence electrons. The Morgan fingerprint density at radius 2 is 2.16 bits per heavy atom. The Morgan fingerprint density at radius 3 is 2.89 bits per heavy atom. The first-order valence-electron chi connectivity index (χ1n) is 6.09. The van der Waals surface area contributed by atoms with E-state index in [1.807, 2.05) is 18.2 Å². The summed E-state index contributed by atoms with van der Waals surface area (Å²) in [6, 6.07) is 8.20. The van der Waals surface area contributed by atoms with Crippen molar-refractivity contribution in [1.29, 1.82) is 0 Å². The van der Waals surface area contributed by atoms with Gasteiger partial charge in [-0.05, 0) is 34.0 Å². The van der Waals surface area contributed by atoms with E-state index in [4.69, 9.17) is 0 Å². The summed E-state index contributed by atoms with van der Waals surface area (Å²) in [4.78, 5) is 5.70. The number of halogens is 1. The summed E-state index contributed by atoms with van der Waals surface area (Å²) < 4.78 is 5.49. The van der Waals surface area contributed by atoms with Crippen molar-refractivity contribution in [2.45, 2.75) is 24.5 Å². The standard InChI is InChI=1S/C13H16BrN3S2/c1-9(2)7-15-13-16-12(17-19-13)8-18-11-6-4-3-5-10(11)14/h3-6,9H,7-8H2,1-2H3,(H,15,16,17). The second-order valence-corrected chi connectivity index (χ2v) is 7.13. The summed E-state index contributed by atoms with van der Waals surface area (Å²) in [7, 11) is 0. The molecule has 0 spiro atoms. The molecule has 0 unspecified atom stereocenters. The van der Waals surface area contributed by atoms with E-state index in [1.165, 1.54) is 16.4 Å². The molecular formula is C13H16BrN3S2. The molecule has 0 atom stereocenters. The van der Waals surface area contributed by atoms with Crippen LogP contribution in [0.4, 0.5) is 5.13 Å². The van der Waals surface area contributed by atoms with Gasteiger partial charge in [0, 0.05) is 27.4 Å². The molecule has 1 heterocycles. The predicted octanol–water partition coefficient (Wildman–Crippen LogP) is 4.66. The summed E-state index contributed by atoms with van der Waals surface area (Å²) in [5, 5.41) is 4.21. The van der Waals surface area contributed by atoms with Crippen LogP contribution < -0.4 is 5.32 Å². The first-order valence-corrected chi connectivity index (χ1v) is 8.64. The van der Waals surface area contributed by atoms with Crippen molar-refractivity contribution in [1.82, 2.24) is 9.36 Å². The Labute approximate surface area is 130 Å². The van der Waals surface area contributed by atoms with E-state index in [1.54, 1.807) is 11.8 Å². The van der Waals surface area contributed by atoms with Crippen molar-refractivity contribution in [3.05, 3.63) is 34.6 Å². The fourth-order valence-corrected chi connectivity index (χ4v) is 3.48. The molecular weight excluding hydrogens is 342 g/mol. The zero-order valence-corrected chi connectivity index (χ0v) is 14.1. The first-order chi connectivity index (χ1) is 9.15. The van der Waals surface area contributed by atoms with Gasteiger partial charge in [0.15, 0.2) is 5.82 Å². The van der Waals surface area contributed by atoms with Crippen molar-refractivity contribution in [3.8, 4) is 0 Å². The molecule has 0 aliphatic rings. The van der Waals surface area contributed by atoms with Gasteiger partial charge in [0.2, 0.25) is 5.13 Å². The number of aromatic nitrogens is 2. The van der Waals surface area contributed by atoms with Crippen molar-refractivity contribution >= 4 is 44.4 Å². The van der Waals surface area contributed by atoms with Gasteiger partial charge in [-0.3, -0.25) is 0 Å².